The predicted octanol–water partition coefficient (Wildman–Crippen LogP) is 3.64. The van der Waals surface area contributed by atoms with E-state index in [0.717, 1.165) is 5.56 Å². The van der Waals surface area contributed by atoms with Crippen LogP contribution in [0.1, 0.15) is 38.1 Å². The van der Waals surface area contributed by atoms with E-state index in [4.69, 9.17) is 11.6 Å². The van der Waals surface area contributed by atoms with Gasteiger partial charge in [0.05, 0.1) is 6.61 Å². The van der Waals surface area contributed by atoms with Crippen LogP contribution >= 0.6 is 11.6 Å². The number of rotatable bonds is 3. The number of hydrogen-bond acceptors (Lipinski definition) is 1. The van der Waals surface area contributed by atoms with Gasteiger partial charge in [0, 0.05) is 10.4 Å². The van der Waals surface area contributed by atoms with Crippen LogP contribution in [0.15, 0.2) is 18.2 Å². The fraction of sp³-hybridized carbons (Fsp3) is 0.500. The third kappa shape index (κ3) is 2.70. The lowest BCUT2D eigenvalue weighted by molar-refractivity contribution is 0.218. The molecule has 0 saturated heterocycles. The number of aliphatic hydroxyl groups is 1. The summed E-state index contributed by atoms with van der Waals surface area (Å²) in [6, 6.07) is 5.12. The first-order valence-corrected chi connectivity index (χ1v) is 5.31. The van der Waals surface area contributed by atoms with E-state index in [1.54, 1.807) is 18.2 Å². The lowest BCUT2D eigenvalue weighted by Gasteiger charge is -2.24. The van der Waals surface area contributed by atoms with Gasteiger partial charge in [-0.25, -0.2) is 4.39 Å². The van der Waals surface area contributed by atoms with Crippen LogP contribution in [0.25, 0.3) is 0 Å². The van der Waals surface area contributed by atoms with Crippen LogP contribution in [0.4, 0.5) is 4.39 Å². The maximum atomic E-state index is 13.0. The SMILES string of the molecule is CC(F)c1ccc(C(C)(C)CO)c(Cl)c1. The normalized spacial score (nSPS) is 14.0. The molecular weight excluding hydrogens is 215 g/mol. The zero-order valence-electron chi connectivity index (χ0n) is 9.22. The molecule has 0 aliphatic carbocycles. The second-order valence-corrected chi connectivity index (χ2v) is 4.80. The Morgan fingerprint density at radius 2 is 2.07 bits per heavy atom. The molecule has 1 rings (SSSR count). The summed E-state index contributed by atoms with van der Waals surface area (Å²) in [5.41, 5.74) is 1.02. The highest BCUT2D eigenvalue weighted by Crippen LogP contribution is 2.32. The molecule has 1 aromatic carbocycles. The van der Waals surface area contributed by atoms with Crippen LogP contribution in [-0.2, 0) is 5.41 Å². The molecule has 0 fully saturated rings. The van der Waals surface area contributed by atoms with E-state index in [9.17, 15) is 9.50 Å². The number of alkyl halides is 1. The highest BCUT2D eigenvalue weighted by molar-refractivity contribution is 6.31. The summed E-state index contributed by atoms with van der Waals surface area (Å²) in [5.74, 6) is 0. The molecule has 15 heavy (non-hydrogen) atoms. The molecule has 84 valence electrons. The summed E-state index contributed by atoms with van der Waals surface area (Å²) in [6.45, 7) is 5.28. The monoisotopic (exact) mass is 230 g/mol. The van der Waals surface area contributed by atoms with E-state index in [1.165, 1.54) is 6.92 Å². The zero-order valence-corrected chi connectivity index (χ0v) is 9.98. The van der Waals surface area contributed by atoms with Crippen LogP contribution < -0.4 is 0 Å². The summed E-state index contributed by atoms with van der Waals surface area (Å²) < 4.78 is 13.0. The second-order valence-electron chi connectivity index (χ2n) is 4.40. The minimum absolute atomic E-state index is 0.0112. The van der Waals surface area contributed by atoms with E-state index in [1.807, 2.05) is 13.8 Å². The Balaban J connectivity index is 3.14. The molecule has 1 aromatic rings. The van der Waals surface area contributed by atoms with Crippen molar-refractivity contribution in [3.05, 3.63) is 34.3 Å². The molecule has 0 amide bonds. The highest BCUT2D eigenvalue weighted by atomic mass is 35.5. The zero-order chi connectivity index (χ0) is 11.6. The predicted molar refractivity (Wildman–Crippen MR) is 61.1 cm³/mol. The smallest absolute Gasteiger partial charge is 0.122 e. The van der Waals surface area contributed by atoms with Crippen molar-refractivity contribution in [3.8, 4) is 0 Å². The summed E-state index contributed by atoms with van der Waals surface area (Å²) >= 11 is 6.06. The molecule has 0 heterocycles. The highest BCUT2D eigenvalue weighted by Gasteiger charge is 2.22. The first kappa shape index (κ1) is 12.5. The van der Waals surface area contributed by atoms with Gasteiger partial charge in [-0.05, 0) is 24.1 Å². The number of benzene rings is 1. The molecule has 0 saturated carbocycles. The Morgan fingerprint density at radius 1 is 1.47 bits per heavy atom. The van der Waals surface area contributed by atoms with Crippen molar-refractivity contribution in [1.82, 2.24) is 0 Å². The lowest BCUT2D eigenvalue weighted by Crippen LogP contribution is -2.22. The number of hydrogen-bond donors (Lipinski definition) is 1. The van der Waals surface area contributed by atoms with E-state index in [-0.39, 0.29) is 6.61 Å². The van der Waals surface area contributed by atoms with Gasteiger partial charge in [0.15, 0.2) is 0 Å². The summed E-state index contributed by atoms with van der Waals surface area (Å²) in [4.78, 5) is 0. The Kier molecular flexibility index (Phi) is 3.74. The van der Waals surface area contributed by atoms with Crippen molar-refractivity contribution >= 4 is 11.6 Å². The van der Waals surface area contributed by atoms with Crippen molar-refractivity contribution < 1.29 is 9.50 Å². The molecule has 1 N–H and O–H groups in total. The topological polar surface area (TPSA) is 20.2 Å². The first-order chi connectivity index (χ1) is 6.88. The Hall–Kier alpha value is -0.600. The molecule has 1 atom stereocenters. The molecular formula is C12H16ClFO. The van der Waals surface area contributed by atoms with E-state index < -0.39 is 11.6 Å². The minimum atomic E-state index is -1.02. The summed E-state index contributed by atoms with van der Waals surface area (Å²) in [6.07, 6.45) is -1.02. The van der Waals surface area contributed by atoms with Crippen LogP contribution in [0.5, 0.6) is 0 Å². The fourth-order valence-corrected chi connectivity index (χ4v) is 1.86. The van der Waals surface area contributed by atoms with Gasteiger partial charge >= 0.3 is 0 Å². The maximum absolute atomic E-state index is 13.0. The van der Waals surface area contributed by atoms with Gasteiger partial charge in [-0.15, -0.1) is 0 Å². The standard InChI is InChI=1S/C12H16ClFO/c1-8(14)9-4-5-10(11(13)6-9)12(2,3)7-15/h4-6,8,15H,7H2,1-3H3. The van der Waals surface area contributed by atoms with Crippen LogP contribution in [0.3, 0.4) is 0 Å². The average molecular weight is 231 g/mol. The molecule has 0 aromatic heterocycles. The number of aliphatic hydroxyl groups excluding tert-OH is 1. The summed E-state index contributed by atoms with van der Waals surface area (Å²) in [7, 11) is 0. The van der Waals surface area contributed by atoms with Gasteiger partial charge in [-0.3, -0.25) is 0 Å². The van der Waals surface area contributed by atoms with Crippen LogP contribution in [0, 0.1) is 0 Å². The quantitative estimate of drug-likeness (QED) is 0.841. The van der Waals surface area contributed by atoms with Crippen LogP contribution in [0.2, 0.25) is 5.02 Å². The van der Waals surface area contributed by atoms with Gasteiger partial charge in [0.1, 0.15) is 6.17 Å². The molecule has 1 nitrogen and oxygen atoms in total. The first-order valence-electron chi connectivity index (χ1n) is 4.93. The molecule has 0 aliphatic heterocycles. The third-order valence-corrected chi connectivity index (χ3v) is 2.89. The third-order valence-electron chi connectivity index (χ3n) is 2.58. The Morgan fingerprint density at radius 3 is 2.47 bits per heavy atom. The van der Waals surface area contributed by atoms with Crippen molar-refractivity contribution in [2.75, 3.05) is 6.61 Å². The van der Waals surface area contributed by atoms with E-state index in [2.05, 4.69) is 0 Å². The van der Waals surface area contributed by atoms with Crippen molar-refractivity contribution in [2.45, 2.75) is 32.4 Å². The van der Waals surface area contributed by atoms with Crippen LogP contribution in [-0.4, -0.2) is 11.7 Å². The summed E-state index contributed by atoms with van der Waals surface area (Å²) in [5, 5.41) is 9.73. The van der Waals surface area contributed by atoms with Crippen molar-refractivity contribution in [2.24, 2.45) is 0 Å². The molecule has 0 aliphatic rings. The molecule has 0 bridgehead atoms. The molecule has 0 spiro atoms. The largest absolute Gasteiger partial charge is 0.395 e. The lowest BCUT2D eigenvalue weighted by atomic mass is 9.85. The fourth-order valence-electron chi connectivity index (χ4n) is 1.41. The molecule has 0 radical (unpaired) electrons. The maximum Gasteiger partial charge on any atom is 0.122 e. The number of halogens is 2. The van der Waals surface area contributed by atoms with Crippen molar-refractivity contribution in [3.63, 3.8) is 0 Å². The average Bonchev–Trinajstić information content (AvgIpc) is 2.17. The van der Waals surface area contributed by atoms with Gasteiger partial charge in [-0.2, -0.15) is 0 Å². The van der Waals surface area contributed by atoms with Gasteiger partial charge < -0.3 is 5.11 Å². The minimum Gasteiger partial charge on any atom is -0.395 e. The van der Waals surface area contributed by atoms with Gasteiger partial charge in [0.25, 0.3) is 0 Å². The Bertz CT molecular complexity index is 347. The van der Waals surface area contributed by atoms with Gasteiger partial charge in [0.2, 0.25) is 0 Å². The van der Waals surface area contributed by atoms with Crippen molar-refractivity contribution in [1.29, 1.82) is 0 Å². The molecule has 1 unspecified atom stereocenters. The second kappa shape index (κ2) is 4.50. The molecule has 3 heteroatoms. The Labute approximate surface area is 94.9 Å². The van der Waals surface area contributed by atoms with E-state index >= 15 is 0 Å². The van der Waals surface area contributed by atoms with E-state index in [0.29, 0.717) is 10.6 Å². The van der Waals surface area contributed by atoms with Gasteiger partial charge in [-0.1, -0.05) is 37.6 Å².